The van der Waals surface area contributed by atoms with Crippen LogP contribution in [0.4, 0.5) is 5.69 Å². The maximum atomic E-state index is 5.77. The van der Waals surface area contributed by atoms with Gasteiger partial charge in [-0.05, 0) is 19.1 Å². The molecule has 2 rings (SSSR count). The molecule has 0 aliphatic rings. The Morgan fingerprint density at radius 2 is 2.21 bits per heavy atom. The van der Waals surface area contributed by atoms with Crippen LogP contribution in [0.3, 0.4) is 0 Å². The summed E-state index contributed by atoms with van der Waals surface area (Å²) in [7, 11) is 0. The number of pyridine rings is 1. The molecule has 0 saturated carbocycles. The van der Waals surface area contributed by atoms with Crippen molar-refractivity contribution in [1.82, 2.24) is 4.98 Å². The summed E-state index contributed by atoms with van der Waals surface area (Å²) in [6.07, 6.45) is 5.06. The van der Waals surface area contributed by atoms with Crippen LogP contribution in [0.2, 0.25) is 0 Å². The van der Waals surface area contributed by atoms with E-state index in [1.807, 2.05) is 19.1 Å². The molecule has 3 nitrogen and oxygen atoms in total. The second kappa shape index (κ2) is 3.75. The fraction of sp³-hybridized carbons (Fsp3) is 0.100. The van der Waals surface area contributed by atoms with Crippen LogP contribution >= 0.6 is 11.8 Å². The van der Waals surface area contributed by atoms with E-state index in [9.17, 15) is 0 Å². The summed E-state index contributed by atoms with van der Waals surface area (Å²) in [6, 6.07) is 3.83. The summed E-state index contributed by atoms with van der Waals surface area (Å²) >= 11 is 1.59. The summed E-state index contributed by atoms with van der Waals surface area (Å²) in [5.41, 5.74) is 6.47. The Morgan fingerprint density at radius 3 is 2.86 bits per heavy atom. The number of nitrogens with two attached hydrogens (primary N) is 1. The summed E-state index contributed by atoms with van der Waals surface area (Å²) < 4.78 is 5.20. The minimum absolute atomic E-state index is 0.693. The molecule has 4 heteroatoms. The molecule has 2 heterocycles. The van der Waals surface area contributed by atoms with Crippen molar-refractivity contribution in [2.24, 2.45) is 0 Å². The molecule has 14 heavy (non-hydrogen) atoms. The van der Waals surface area contributed by atoms with Crippen molar-refractivity contribution in [3.05, 3.63) is 36.5 Å². The highest BCUT2D eigenvalue weighted by molar-refractivity contribution is 7.99. The summed E-state index contributed by atoms with van der Waals surface area (Å²) in [6.45, 7) is 1.93. The number of hydrogen-bond donors (Lipinski definition) is 1. The van der Waals surface area contributed by atoms with Crippen molar-refractivity contribution in [3.63, 3.8) is 0 Å². The Kier molecular flexibility index (Phi) is 2.45. The third-order valence-electron chi connectivity index (χ3n) is 1.84. The number of aromatic nitrogens is 1. The third-order valence-corrected chi connectivity index (χ3v) is 3.08. The number of aryl methyl sites for hydroxylation is 1. The summed E-state index contributed by atoms with van der Waals surface area (Å²) in [5, 5.41) is 0. The SMILES string of the molecule is Cc1occc1Sc1ccncc1N. The quantitative estimate of drug-likeness (QED) is 0.820. The van der Waals surface area contributed by atoms with E-state index in [-0.39, 0.29) is 0 Å². The highest BCUT2D eigenvalue weighted by Gasteiger charge is 2.05. The van der Waals surface area contributed by atoms with E-state index in [0.29, 0.717) is 5.69 Å². The summed E-state index contributed by atoms with van der Waals surface area (Å²) in [4.78, 5) is 6.03. The molecule has 0 saturated heterocycles. The molecular weight excluding hydrogens is 196 g/mol. The van der Waals surface area contributed by atoms with Gasteiger partial charge in [0.05, 0.1) is 23.0 Å². The smallest absolute Gasteiger partial charge is 0.114 e. The van der Waals surface area contributed by atoms with E-state index in [1.165, 1.54) is 0 Å². The van der Waals surface area contributed by atoms with Crippen molar-refractivity contribution >= 4 is 17.4 Å². The van der Waals surface area contributed by atoms with Crippen molar-refractivity contribution in [3.8, 4) is 0 Å². The maximum absolute atomic E-state index is 5.77. The Labute approximate surface area is 86.3 Å². The molecule has 2 aromatic heterocycles. The molecule has 0 spiro atoms. The molecule has 0 radical (unpaired) electrons. The van der Waals surface area contributed by atoms with E-state index in [2.05, 4.69) is 4.98 Å². The lowest BCUT2D eigenvalue weighted by atomic mass is 10.4. The average molecular weight is 206 g/mol. The monoisotopic (exact) mass is 206 g/mol. The number of furan rings is 1. The predicted octanol–water partition coefficient (Wildman–Crippen LogP) is 2.72. The highest BCUT2D eigenvalue weighted by atomic mass is 32.2. The molecule has 0 aliphatic heterocycles. The molecule has 0 unspecified atom stereocenters. The van der Waals surface area contributed by atoms with Gasteiger partial charge in [0.25, 0.3) is 0 Å². The van der Waals surface area contributed by atoms with Gasteiger partial charge in [-0.25, -0.2) is 0 Å². The lowest BCUT2D eigenvalue weighted by molar-refractivity contribution is 0.527. The topological polar surface area (TPSA) is 52.0 Å². The number of anilines is 1. The molecule has 0 atom stereocenters. The van der Waals surface area contributed by atoms with E-state index in [4.69, 9.17) is 10.2 Å². The van der Waals surface area contributed by atoms with E-state index < -0.39 is 0 Å². The minimum Gasteiger partial charge on any atom is -0.468 e. The van der Waals surface area contributed by atoms with Gasteiger partial charge in [-0.15, -0.1) is 0 Å². The number of rotatable bonds is 2. The minimum atomic E-state index is 0.693. The molecule has 2 N–H and O–H groups in total. The molecule has 0 aliphatic carbocycles. The van der Waals surface area contributed by atoms with Crippen LogP contribution in [0.1, 0.15) is 5.76 Å². The second-order valence-electron chi connectivity index (χ2n) is 2.86. The van der Waals surface area contributed by atoms with Gasteiger partial charge in [-0.1, -0.05) is 11.8 Å². The van der Waals surface area contributed by atoms with Crippen LogP contribution in [0.15, 0.2) is 45.0 Å². The van der Waals surface area contributed by atoms with Crippen LogP contribution in [0.5, 0.6) is 0 Å². The molecule has 0 fully saturated rings. The van der Waals surface area contributed by atoms with Crippen LogP contribution < -0.4 is 5.73 Å². The maximum Gasteiger partial charge on any atom is 0.114 e. The fourth-order valence-electron chi connectivity index (χ4n) is 1.08. The summed E-state index contributed by atoms with van der Waals surface area (Å²) in [5.74, 6) is 0.909. The Bertz CT molecular complexity index is 439. The Balaban J connectivity index is 2.28. The van der Waals surface area contributed by atoms with Gasteiger partial charge in [0.2, 0.25) is 0 Å². The number of nitrogens with zero attached hydrogens (tertiary/aromatic N) is 1. The van der Waals surface area contributed by atoms with Crippen molar-refractivity contribution in [2.75, 3.05) is 5.73 Å². The molecule has 0 aromatic carbocycles. The van der Waals surface area contributed by atoms with Gasteiger partial charge < -0.3 is 10.2 Å². The molecule has 0 bridgehead atoms. The molecule has 2 aromatic rings. The van der Waals surface area contributed by atoms with Gasteiger partial charge in [-0.2, -0.15) is 0 Å². The molecule has 0 amide bonds. The van der Waals surface area contributed by atoms with Crippen molar-refractivity contribution < 1.29 is 4.42 Å². The normalized spacial score (nSPS) is 10.4. The lowest BCUT2D eigenvalue weighted by Gasteiger charge is -2.02. The largest absolute Gasteiger partial charge is 0.468 e. The van der Waals surface area contributed by atoms with Crippen molar-refractivity contribution in [1.29, 1.82) is 0 Å². The average Bonchev–Trinajstić information content (AvgIpc) is 2.56. The van der Waals surface area contributed by atoms with Gasteiger partial charge in [0.1, 0.15) is 5.76 Å². The van der Waals surface area contributed by atoms with E-state index >= 15 is 0 Å². The first kappa shape index (κ1) is 9.15. The predicted molar refractivity (Wildman–Crippen MR) is 56.2 cm³/mol. The number of nitrogen functional groups attached to an aromatic ring is 1. The van der Waals surface area contributed by atoms with E-state index in [0.717, 1.165) is 15.6 Å². The fourth-order valence-corrected chi connectivity index (χ4v) is 1.94. The van der Waals surface area contributed by atoms with Gasteiger partial charge in [0.15, 0.2) is 0 Å². The zero-order valence-corrected chi connectivity index (χ0v) is 8.54. The first-order chi connectivity index (χ1) is 6.77. The van der Waals surface area contributed by atoms with Gasteiger partial charge >= 0.3 is 0 Å². The first-order valence-electron chi connectivity index (χ1n) is 4.19. The first-order valence-corrected chi connectivity index (χ1v) is 5.00. The van der Waals surface area contributed by atoms with E-state index in [1.54, 1.807) is 30.4 Å². The van der Waals surface area contributed by atoms with Crippen LogP contribution in [0, 0.1) is 6.92 Å². The highest BCUT2D eigenvalue weighted by Crippen LogP contribution is 2.33. The van der Waals surface area contributed by atoms with Gasteiger partial charge in [0, 0.05) is 11.1 Å². The standard InChI is InChI=1S/C10H10N2OS/c1-7-9(3-5-13-7)14-10-2-4-12-6-8(10)11/h2-6H,11H2,1H3. The zero-order valence-electron chi connectivity index (χ0n) is 7.73. The molecule has 72 valence electrons. The molecular formula is C10H10N2OS. The Hall–Kier alpha value is -1.42. The second-order valence-corrected chi connectivity index (χ2v) is 3.94. The van der Waals surface area contributed by atoms with Crippen LogP contribution in [-0.4, -0.2) is 4.98 Å². The van der Waals surface area contributed by atoms with Crippen molar-refractivity contribution in [2.45, 2.75) is 16.7 Å². The van der Waals surface area contributed by atoms with Crippen LogP contribution in [0.25, 0.3) is 0 Å². The zero-order chi connectivity index (χ0) is 9.97. The number of hydrogen-bond acceptors (Lipinski definition) is 4. The van der Waals surface area contributed by atoms with Gasteiger partial charge in [-0.3, -0.25) is 4.98 Å². The third kappa shape index (κ3) is 1.75. The lowest BCUT2D eigenvalue weighted by Crippen LogP contribution is -1.88. The Morgan fingerprint density at radius 1 is 1.36 bits per heavy atom. The van der Waals surface area contributed by atoms with Crippen LogP contribution in [-0.2, 0) is 0 Å².